The average molecular weight is 2050 g/mol. The van der Waals surface area contributed by atoms with Crippen molar-refractivity contribution in [1.82, 2.24) is 38.2 Å². The van der Waals surface area contributed by atoms with Crippen LogP contribution in [0.1, 0.15) is 70.2 Å². The minimum atomic E-state index is -0.467. The Balaban J connectivity index is 0.000000134. The van der Waals surface area contributed by atoms with Gasteiger partial charge in [0.05, 0.1) is 106 Å². The van der Waals surface area contributed by atoms with Gasteiger partial charge in [0.2, 0.25) is 0 Å². The number of ether oxygens (including phenoxy) is 4. The van der Waals surface area contributed by atoms with Crippen molar-refractivity contribution in [3.8, 4) is 102 Å². The van der Waals surface area contributed by atoms with Gasteiger partial charge in [-0.25, -0.2) is 19.9 Å². The Hall–Kier alpha value is -15.0. The highest BCUT2D eigenvalue weighted by atomic mass is 79.9. The fourth-order valence-corrected chi connectivity index (χ4v) is 22.5. The van der Waals surface area contributed by atoms with Gasteiger partial charge in [0.1, 0.15) is 46.3 Å². The van der Waals surface area contributed by atoms with Crippen LogP contribution < -0.4 is 29.9 Å². The Morgan fingerprint density at radius 3 is 0.870 bits per heavy atom. The first kappa shape index (κ1) is 95.8. The molecule has 722 valence electrons. The second-order valence-corrected chi connectivity index (χ2v) is 41.7. The van der Waals surface area contributed by atoms with Crippen LogP contribution in [0.3, 0.4) is 0 Å². The van der Waals surface area contributed by atoms with Crippen LogP contribution in [0.2, 0.25) is 0 Å². The summed E-state index contributed by atoms with van der Waals surface area (Å²) in [6.45, 7) is 16.7. The van der Waals surface area contributed by atoms with Gasteiger partial charge in [-0.2, -0.15) is 0 Å². The average Bonchev–Trinajstić information content (AvgIpc) is 1.56. The zero-order chi connectivity index (χ0) is 99.0. The number of aromatic nitrogens is 8. The van der Waals surface area contributed by atoms with E-state index in [9.17, 15) is 0 Å². The number of aryl methyl sites for hydroxylation is 4. The van der Waals surface area contributed by atoms with E-state index in [1.807, 2.05) is 30.3 Å². The van der Waals surface area contributed by atoms with Crippen LogP contribution in [0.5, 0.6) is 23.0 Å². The number of nitrogens with zero attached hydrogens (tertiary/aromatic N) is 8. The van der Waals surface area contributed by atoms with Crippen molar-refractivity contribution in [1.29, 1.82) is 0 Å². The topological polar surface area (TPSA) is 145 Å². The van der Waals surface area contributed by atoms with Crippen molar-refractivity contribution in [3.05, 3.63) is 337 Å². The first-order chi connectivity index (χ1) is 69.6. The molecular weight excluding hydrogens is 1930 g/mol. The minimum Gasteiger partial charge on any atom is -0.497 e. The van der Waals surface area contributed by atoms with Gasteiger partial charge in [-0.05, 0) is 274 Å². The lowest BCUT2D eigenvalue weighted by atomic mass is 9.76. The maximum Gasteiger partial charge on any atom is 0.494 e. The standard InChI is InChI=1S/C62H44N4O2.C35H40B2N2O5.C27H18Br2N2O.2CH4/c1-65-59-53-35-41(37-13-7-5-8-14-37)21-30-49(53)47-28-23-43(33-51(47)57(59)63-61(65)40-19-26-45(67-3)27-20-40)44-24-29-48-50-31-22-42(38-15-9-6-10-16-38)36-54(50)60-58(52(48)34-44)64-62(66(60)2)56-46-18-12-11-17-39(46)25-32-55(56)68-4;1-32(2)33(3,4)42-36(41-32)22-13-17-25-26-18-14-23(37-43-34(5,6)35(7,8)44-37)20-28(26)30-29(27(25)19-22)38-31(39(30)9)21-11-15-24(40-10)16-12-21;1-31-26-22-14-17(29)9-11-20(22)19-10-8-16(28)13-21(19)25(26)30-27(31)24-18-6-4-3-5-15(18)7-12-23(24)32-2;;/h5-36H,1-4H3;11-20H,1-10H3;3-14H,1-2H3;2*1H4. The van der Waals surface area contributed by atoms with E-state index < -0.39 is 36.6 Å². The lowest BCUT2D eigenvalue weighted by Crippen LogP contribution is -2.41. The molecule has 2 fully saturated rings. The highest BCUT2D eigenvalue weighted by molar-refractivity contribution is 9.10. The molecular formula is C126H110B2Br2N8O8. The summed E-state index contributed by atoms with van der Waals surface area (Å²) in [6, 6.07) is 116. The van der Waals surface area contributed by atoms with E-state index in [0.717, 1.165) is 225 Å². The zero-order valence-electron chi connectivity index (χ0n) is 82.9. The maximum absolute atomic E-state index is 6.45. The Labute approximate surface area is 866 Å². The molecule has 146 heavy (non-hydrogen) atoms. The molecule has 20 aromatic carbocycles. The third-order valence-corrected chi connectivity index (χ3v) is 31.7. The SMILES string of the molecule is C.C.COc1ccc(-c2nc3c4cc(-c5ccc6c7ccc(-c8ccccc8)cc7c7c(nc(-c8c(OC)ccc9ccccc89)n7C)c6c5)ccc4c4ccc(-c5ccccc5)cc4c3n2C)cc1.COc1ccc(-c2nc3c4cc(B5OC(C)(C)C(C)(C)O5)ccc4c4ccc(B5OC(C)(C)C(C)(C)O5)cc4c3n2C)cc1.COc1ccc2ccccc2c1-c1nc2c3cc(Br)ccc3c3ccc(Br)cc3c2n1C. The largest absolute Gasteiger partial charge is 0.497 e. The van der Waals surface area contributed by atoms with Crippen LogP contribution in [0.25, 0.3) is 231 Å². The zero-order valence-corrected chi connectivity index (χ0v) is 86.1. The third kappa shape index (κ3) is 15.7. The monoisotopic (exact) mass is 2040 g/mol. The molecule has 0 bridgehead atoms. The number of halogens is 2. The minimum absolute atomic E-state index is 0. The predicted octanol–water partition coefficient (Wildman–Crippen LogP) is 31.2. The van der Waals surface area contributed by atoms with Gasteiger partial charge in [0.15, 0.2) is 0 Å². The van der Waals surface area contributed by atoms with Crippen molar-refractivity contribution in [3.63, 3.8) is 0 Å². The Morgan fingerprint density at radius 2 is 0.507 bits per heavy atom. The molecule has 0 aliphatic carbocycles. The molecule has 24 aromatic rings. The molecule has 0 N–H and O–H groups in total. The molecule has 0 radical (unpaired) electrons. The molecule has 26 rings (SSSR count). The fraction of sp³-hybridized carbons (Fsp3) is 0.175. The van der Waals surface area contributed by atoms with Gasteiger partial charge in [-0.3, -0.25) is 0 Å². The van der Waals surface area contributed by atoms with Crippen molar-refractivity contribution >= 4 is 209 Å². The number of imidazole rings is 4. The number of fused-ring (bicyclic) bond motifs is 26. The van der Waals surface area contributed by atoms with Crippen LogP contribution in [0, 0.1) is 0 Å². The van der Waals surface area contributed by atoms with Crippen molar-refractivity contribution < 1.29 is 37.6 Å². The lowest BCUT2D eigenvalue weighted by molar-refractivity contribution is 0.00578. The van der Waals surface area contributed by atoms with Crippen LogP contribution in [-0.2, 0) is 46.8 Å². The molecule has 2 saturated heterocycles. The van der Waals surface area contributed by atoms with Crippen LogP contribution in [0.4, 0.5) is 0 Å². The Kier molecular flexibility index (Phi) is 24.1. The summed E-state index contributed by atoms with van der Waals surface area (Å²) in [4.78, 5) is 21.6. The quantitative estimate of drug-likeness (QED) is 0.0800. The van der Waals surface area contributed by atoms with Crippen LogP contribution in [0.15, 0.2) is 337 Å². The van der Waals surface area contributed by atoms with Gasteiger partial charge < -0.3 is 55.8 Å². The molecule has 4 aromatic heterocycles. The summed E-state index contributed by atoms with van der Waals surface area (Å²) in [5.41, 5.74) is 19.3. The summed E-state index contributed by atoms with van der Waals surface area (Å²) in [6.07, 6.45) is 0. The molecule has 0 atom stereocenters. The highest BCUT2D eigenvalue weighted by Gasteiger charge is 2.53. The predicted molar refractivity (Wildman–Crippen MR) is 616 cm³/mol. The molecule has 0 amide bonds. The smallest absolute Gasteiger partial charge is 0.494 e. The maximum atomic E-state index is 6.45. The first-order valence-electron chi connectivity index (χ1n) is 48.6. The second-order valence-electron chi connectivity index (χ2n) is 39.9. The molecule has 0 saturated carbocycles. The van der Waals surface area contributed by atoms with E-state index in [0.29, 0.717) is 0 Å². The Morgan fingerprint density at radius 1 is 0.240 bits per heavy atom. The fourth-order valence-electron chi connectivity index (χ4n) is 21.7. The number of hydrogen-bond acceptors (Lipinski definition) is 12. The molecule has 6 heterocycles. The second kappa shape index (κ2) is 36.6. The van der Waals surface area contributed by atoms with Crippen LogP contribution >= 0.6 is 31.9 Å². The first-order valence-corrected chi connectivity index (χ1v) is 50.2. The van der Waals surface area contributed by atoms with Crippen LogP contribution in [-0.4, -0.2) is 103 Å². The number of hydrogen-bond donors (Lipinski definition) is 0. The lowest BCUT2D eigenvalue weighted by Gasteiger charge is -2.32. The van der Waals surface area contributed by atoms with Gasteiger partial charge in [0.25, 0.3) is 0 Å². The summed E-state index contributed by atoms with van der Waals surface area (Å²) >= 11 is 7.33. The summed E-state index contributed by atoms with van der Waals surface area (Å²) in [5.74, 6) is 6.75. The van der Waals surface area contributed by atoms with Crippen molar-refractivity contribution in [2.75, 3.05) is 28.4 Å². The molecule has 2 aliphatic heterocycles. The molecule has 0 unspecified atom stereocenters. The Bertz CT molecular complexity index is 9420. The van der Waals surface area contributed by atoms with E-state index in [1.165, 1.54) is 49.0 Å². The number of rotatable bonds is 13. The summed E-state index contributed by atoms with van der Waals surface area (Å²) < 4.78 is 59.6. The molecule has 20 heteroatoms. The highest BCUT2D eigenvalue weighted by Crippen LogP contribution is 2.50. The third-order valence-electron chi connectivity index (χ3n) is 30.7. The molecule has 0 spiro atoms. The molecule has 2 aliphatic rings. The van der Waals surface area contributed by atoms with Gasteiger partial charge in [0, 0.05) is 91.4 Å². The molecule has 16 nitrogen and oxygen atoms in total. The van der Waals surface area contributed by atoms with Gasteiger partial charge >= 0.3 is 14.2 Å². The number of methoxy groups -OCH3 is 4. The van der Waals surface area contributed by atoms with E-state index >= 15 is 0 Å². The number of benzene rings is 20. The summed E-state index contributed by atoms with van der Waals surface area (Å²) in [5, 5.41) is 22.8. The summed E-state index contributed by atoms with van der Waals surface area (Å²) in [7, 11) is 14.4. The van der Waals surface area contributed by atoms with E-state index in [2.05, 4.69) is 431 Å². The van der Waals surface area contributed by atoms with E-state index in [1.54, 1.807) is 28.4 Å². The normalized spacial score (nSPS) is 14.2. The van der Waals surface area contributed by atoms with Gasteiger partial charge in [-0.15, -0.1) is 0 Å². The van der Waals surface area contributed by atoms with E-state index in [-0.39, 0.29) is 14.9 Å². The van der Waals surface area contributed by atoms with E-state index in [4.69, 9.17) is 57.5 Å². The van der Waals surface area contributed by atoms with Gasteiger partial charge in [-0.1, -0.05) is 265 Å². The van der Waals surface area contributed by atoms with Crippen molar-refractivity contribution in [2.45, 2.75) is 92.6 Å². The van der Waals surface area contributed by atoms with Crippen molar-refractivity contribution in [2.24, 2.45) is 28.2 Å².